The standard InChI is InChI=1S/C17H17IO2/c1-12-8-9-15(16(10-12)13(2)18)17(19)20-11-14-6-4-3-5-7-14/h3-10,13H,11H2,1-2H3. The first kappa shape index (κ1) is 15.0. The summed E-state index contributed by atoms with van der Waals surface area (Å²) in [5.74, 6) is -0.257. The fraction of sp³-hybridized carbons (Fsp3) is 0.235. The van der Waals surface area contributed by atoms with Crippen LogP contribution in [0.25, 0.3) is 0 Å². The summed E-state index contributed by atoms with van der Waals surface area (Å²) in [5.41, 5.74) is 3.84. The van der Waals surface area contributed by atoms with E-state index in [-0.39, 0.29) is 9.89 Å². The second kappa shape index (κ2) is 6.88. The number of carbonyl (C=O) groups is 1. The molecule has 2 aromatic carbocycles. The molecule has 2 nitrogen and oxygen atoms in total. The monoisotopic (exact) mass is 380 g/mol. The highest BCUT2D eigenvalue weighted by atomic mass is 127. The van der Waals surface area contributed by atoms with Gasteiger partial charge in [0.15, 0.2) is 0 Å². The first-order valence-electron chi connectivity index (χ1n) is 6.53. The van der Waals surface area contributed by atoms with E-state index >= 15 is 0 Å². The Morgan fingerprint density at radius 3 is 2.55 bits per heavy atom. The van der Waals surface area contributed by atoms with Crippen LogP contribution in [0.1, 0.15) is 37.9 Å². The lowest BCUT2D eigenvalue weighted by atomic mass is 10.0. The van der Waals surface area contributed by atoms with Crippen molar-refractivity contribution in [2.24, 2.45) is 0 Å². The van der Waals surface area contributed by atoms with Crippen molar-refractivity contribution in [2.75, 3.05) is 0 Å². The number of halogens is 1. The molecule has 1 unspecified atom stereocenters. The minimum Gasteiger partial charge on any atom is -0.457 e. The molecule has 0 N–H and O–H groups in total. The first-order valence-corrected chi connectivity index (χ1v) is 7.78. The highest BCUT2D eigenvalue weighted by molar-refractivity contribution is 14.1. The molecule has 0 aliphatic carbocycles. The topological polar surface area (TPSA) is 26.3 Å². The van der Waals surface area contributed by atoms with E-state index in [1.807, 2.05) is 49.4 Å². The van der Waals surface area contributed by atoms with E-state index in [0.717, 1.165) is 16.7 Å². The van der Waals surface area contributed by atoms with Crippen molar-refractivity contribution in [3.63, 3.8) is 0 Å². The molecule has 104 valence electrons. The number of rotatable bonds is 4. The summed E-state index contributed by atoms with van der Waals surface area (Å²) >= 11 is 2.32. The Hall–Kier alpha value is -1.36. The van der Waals surface area contributed by atoms with Gasteiger partial charge in [-0.1, -0.05) is 70.6 Å². The van der Waals surface area contributed by atoms with Crippen LogP contribution >= 0.6 is 22.6 Å². The summed E-state index contributed by atoms with van der Waals surface area (Å²) in [6, 6.07) is 15.6. The Balaban J connectivity index is 2.13. The number of aryl methyl sites for hydroxylation is 1. The Morgan fingerprint density at radius 1 is 1.20 bits per heavy atom. The van der Waals surface area contributed by atoms with Gasteiger partial charge < -0.3 is 4.74 Å². The Bertz CT molecular complexity index is 591. The zero-order chi connectivity index (χ0) is 14.5. The zero-order valence-electron chi connectivity index (χ0n) is 11.6. The highest BCUT2D eigenvalue weighted by Gasteiger charge is 2.16. The van der Waals surface area contributed by atoms with Crippen LogP contribution in [0.4, 0.5) is 0 Å². The summed E-state index contributed by atoms with van der Waals surface area (Å²) in [4.78, 5) is 12.2. The van der Waals surface area contributed by atoms with Crippen LogP contribution < -0.4 is 0 Å². The van der Waals surface area contributed by atoms with Crippen LogP contribution in [0.5, 0.6) is 0 Å². The largest absolute Gasteiger partial charge is 0.457 e. The van der Waals surface area contributed by atoms with Crippen molar-refractivity contribution in [3.8, 4) is 0 Å². The molecule has 1 atom stereocenters. The smallest absolute Gasteiger partial charge is 0.338 e. The average Bonchev–Trinajstić information content (AvgIpc) is 2.45. The summed E-state index contributed by atoms with van der Waals surface area (Å²) in [5, 5.41) is 0. The molecular formula is C17H17IO2. The molecule has 2 aromatic rings. The predicted molar refractivity (Wildman–Crippen MR) is 89.2 cm³/mol. The molecular weight excluding hydrogens is 363 g/mol. The van der Waals surface area contributed by atoms with Gasteiger partial charge in [0.2, 0.25) is 0 Å². The van der Waals surface area contributed by atoms with Crippen molar-refractivity contribution in [2.45, 2.75) is 24.4 Å². The summed E-state index contributed by atoms with van der Waals surface area (Å²) in [7, 11) is 0. The van der Waals surface area contributed by atoms with E-state index in [0.29, 0.717) is 12.2 Å². The van der Waals surface area contributed by atoms with Gasteiger partial charge in [-0.25, -0.2) is 4.79 Å². The fourth-order valence-corrected chi connectivity index (χ4v) is 2.51. The highest BCUT2D eigenvalue weighted by Crippen LogP contribution is 2.27. The molecule has 0 saturated carbocycles. The number of hydrogen-bond acceptors (Lipinski definition) is 2. The van der Waals surface area contributed by atoms with Gasteiger partial charge in [0.1, 0.15) is 6.61 Å². The summed E-state index contributed by atoms with van der Waals surface area (Å²) in [6.07, 6.45) is 0. The Kier molecular flexibility index (Phi) is 5.17. The molecule has 0 bridgehead atoms. The molecule has 0 radical (unpaired) electrons. The molecule has 0 aliphatic heterocycles. The fourth-order valence-electron chi connectivity index (χ4n) is 2.00. The summed E-state index contributed by atoms with van der Waals surface area (Å²) < 4.78 is 5.67. The lowest BCUT2D eigenvalue weighted by Gasteiger charge is -2.12. The second-order valence-electron chi connectivity index (χ2n) is 4.77. The quantitative estimate of drug-likeness (QED) is 0.431. The van der Waals surface area contributed by atoms with Crippen molar-refractivity contribution in [3.05, 3.63) is 70.8 Å². The van der Waals surface area contributed by atoms with Gasteiger partial charge in [-0.05, 0) is 31.0 Å². The lowest BCUT2D eigenvalue weighted by Crippen LogP contribution is -2.09. The van der Waals surface area contributed by atoms with Gasteiger partial charge in [0.05, 0.1) is 5.56 Å². The third kappa shape index (κ3) is 3.82. The van der Waals surface area contributed by atoms with Crippen LogP contribution in [0.15, 0.2) is 48.5 Å². The normalized spacial score (nSPS) is 11.9. The van der Waals surface area contributed by atoms with Gasteiger partial charge in [0, 0.05) is 3.92 Å². The van der Waals surface area contributed by atoms with Crippen molar-refractivity contribution in [1.82, 2.24) is 0 Å². The van der Waals surface area contributed by atoms with Crippen LogP contribution in [0, 0.1) is 6.92 Å². The minimum atomic E-state index is -0.257. The molecule has 3 heteroatoms. The Morgan fingerprint density at radius 2 is 1.90 bits per heavy atom. The van der Waals surface area contributed by atoms with E-state index in [1.165, 1.54) is 0 Å². The maximum absolute atomic E-state index is 12.2. The van der Waals surface area contributed by atoms with Crippen LogP contribution in [-0.2, 0) is 11.3 Å². The molecule has 0 saturated heterocycles. The van der Waals surface area contributed by atoms with E-state index in [2.05, 4.69) is 35.6 Å². The molecule has 2 rings (SSSR count). The molecule has 0 spiro atoms. The van der Waals surface area contributed by atoms with Crippen molar-refractivity contribution < 1.29 is 9.53 Å². The van der Waals surface area contributed by atoms with Gasteiger partial charge in [-0.15, -0.1) is 0 Å². The van der Waals surface area contributed by atoms with E-state index in [4.69, 9.17) is 4.74 Å². The predicted octanol–water partition coefficient (Wildman–Crippen LogP) is 4.85. The average molecular weight is 380 g/mol. The SMILES string of the molecule is Cc1ccc(C(=O)OCc2ccccc2)c(C(C)I)c1. The van der Waals surface area contributed by atoms with Gasteiger partial charge in [0.25, 0.3) is 0 Å². The second-order valence-corrected chi connectivity index (χ2v) is 6.64. The van der Waals surface area contributed by atoms with Crippen molar-refractivity contribution >= 4 is 28.6 Å². The number of carbonyl (C=O) groups excluding carboxylic acids is 1. The first-order chi connectivity index (χ1) is 9.58. The van der Waals surface area contributed by atoms with Crippen LogP contribution in [0.2, 0.25) is 0 Å². The van der Waals surface area contributed by atoms with Gasteiger partial charge in [-0.2, -0.15) is 0 Å². The maximum atomic E-state index is 12.2. The third-order valence-electron chi connectivity index (χ3n) is 3.07. The number of hydrogen-bond donors (Lipinski definition) is 0. The lowest BCUT2D eigenvalue weighted by molar-refractivity contribution is 0.0471. The molecule has 0 aromatic heterocycles. The molecule has 0 fully saturated rings. The zero-order valence-corrected chi connectivity index (χ0v) is 13.8. The molecule has 20 heavy (non-hydrogen) atoms. The van der Waals surface area contributed by atoms with Crippen LogP contribution in [-0.4, -0.2) is 5.97 Å². The number of esters is 1. The third-order valence-corrected chi connectivity index (χ3v) is 3.74. The summed E-state index contributed by atoms with van der Waals surface area (Å²) in [6.45, 7) is 4.41. The maximum Gasteiger partial charge on any atom is 0.338 e. The number of ether oxygens (including phenoxy) is 1. The van der Waals surface area contributed by atoms with Crippen LogP contribution in [0.3, 0.4) is 0 Å². The Labute approximate surface area is 133 Å². The van der Waals surface area contributed by atoms with Gasteiger partial charge >= 0.3 is 5.97 Å². The molecule has 0 amide bonds. The molecule has 0 heterocycles. The van der Waals surface area contributed by atoms with E-state index < -0.39 is 0 Å². The number of alkyl halides is 1. The number of benzene rings is 2. The van der Waals surface area contributed by atoms with Gasteiger partial charge in [-0.3, -0.25) is 0 Å². The molecule has 0 aliphatic rings. The minimum absolute atomic E-state index is 0.257. The van der Waals surface area contributed by atoms with E-state index in [9.17, 15) is 4.79 Å². The van der Waals surface area contributed by atoms with E-state index in [1.54, 1.807) is 0 Å². The van der Waals surface area contributed by atoms with Crippen molar-refractivity contribution in [1.29, 1.82) is 0 Å².